The molecule has 0 radical (unpaired) electrons. The van der Waals surface area contributed by atoms with E-state index in [0.29, 0.717) is 18.6 Å². The van der Waals surface area contributed by atoms with E-state index in [1.165, 1.54) is 0 Å². The summed E-state index contributed by atoms with van der Waals surface area (Å²) in [4.78, 5) is 11.8. The van der Waals surface area contributed by atoms with Crippen molar-refractivity contribution in [1.29, 1.82) is 0 Å². The van der Waals surface area contributed by atoms with Crippen molar-refractivity contribution in [3.63, 3.8) is 0 Å². The lowest BCUT2D eigenvalue weighted by molar-refractivity contribution is -0.116. The molecule has 2 nitrogen and oxygen atoms in total. The van der Waals surface area contributed by atoms with Crippen LogP contribution in [0.25, 0.3) is 0 Å². The molecule has 0 aliphatic heterocycles. The standard InChI is InChI=1S/C28H34F3NO/c1-2-3-4-5-6-7-8-9-10-11-12-13-14-15-16-17-18-19-20-21-27(33)32-28-25(30)22-24(29)23-26(28)31/h3-4,6-7,9-10,12-13,15-16,18-19,22-23H,2,5,8,11,14,17,20-21H2,1H3,(H,32,33)/b4-3-,7-6-,10-9-,13-12-,16-15-,19-18-. The van der Waals surface area contributed by atoms with Crippen LogP contribution in [0.5, 0.6) is 0 Å². The summed E-state index contributed by atoms with van der Waals surface area (Å²) in [5.41, 5.74) is -0.621. The molecule has 5 heteroatoms. The molecule has 33 heavy (non-hydrogen) atoms. The Balaban J connectivity index is 2.10. The molecule has 0 atom stereocenters. The first-order valence-electron chi connectivity index (χ1n) is 11.4. The molecule has 1 rings (SSSR count). The van der Waals surface area contributed by atoms with Crippen LogP contribution < -0.4 is 5.32 Å². The molecule has 0 spiro atoms. The average molecular weight is 458 g/mol. The van der Waals surface area contributed by atoms with Crippen LogP contribution in [0.4, 0.5) is 18.9 Å². The number of carbonyl (C=O) groups excluding carboxylic acids is 1. The highest BCUT2D eigenvalue weighted by atomic mass is 19.1. The lowest BCUT2D eigenvalue weighted by Crippen LogP contribution is -2.13. The van der Waals surface area contributed by atoms with E-state index < -0.39 is 29.0 Å². The van der Waals surface area contributed by atoms with E-state index >= 15 is 0 Å². The van der Waals surface area contributed by atoms with Crippen LogP contribution >= 0.6 is 0 Å². The number of hydrogen-bond acceptors (Lipinski definition) is 1. The van der Waals surface area contributed by atoms with E-state index in [-0.39, 0.29) is 6.42 Å². The highest BCUT2D eigenvalue weighted by Gasteiger charge is 2.13. The first kappa shape index (κ1) is 28.0. The second kappa shape index (κ2) is 18.5. The maximum Gasteiger partial charge on any atom is 0.224 e. The number of hydrogen-bond donors (Lipinski definition) is 1. The number of anilines is 1. The van der Waals surface area contributed by atoms with Crippen molar-refractivity contribution in [1.82, 2.24) is 0 Å². The predicted octanol–water partition coefficient (Wildman–Crippen LogP) is 8.52. The van der Waals surface area contributed by atoms with Gasteiger partial charge in [-0.05, 0) is 44.9 Å². The number of allylic oxidation sites excluding steroid dienone is 12. The molecule has 0 aliphatic carbocycles. The second-order valence-electron chi connectivity index (χ2n) is 7.25. The highest BCUT2D eigenvalue weighted by Crippen LogP contribution is 2.20. The van der Waals surface area contributed by atoms with Crippen molar-refractivity contribution >= 4 is 11.6 Å². The summed E-state index contributed by atoms with van der Waals surface area (Å²) < 4.78 is 39.9. The van der Waals surface area contributed by atoms with Gasteiger partial charge in [0.25, 0.3) is 0 Å². The van der Waals surface area contributed by atoms with Gasteiger partial charge in [-0.3, -0.25) is 4.79 Å². The van der Waals surface area contributed by atoms with Gasteiger partial charge in [-0.25, -0.2) is 13.2 Å². The van der Waals surface area contributed by atoms with E-state index in [9.17, 15) is 18.0 Å². The minimum absolute atomic E-state index is 0.0818. The molecule has 0 fully saturated rings. The molecule has 178 valence electrons. The average Bonchev–Trinajstić information content (AvgIpc) is 2.77. The molecule has 0 saturated heterocycles. The molecule has 0 unspecified atom stereocenters. The summed E-state index contributed by atoms with van der Waals surface area (Å²) in [6.07, 6.45) is 31.3. The zero-order chi connectivity index (χ0) is 24.2. The molecular formula is C28H34F3NO. The van der Waals surface area contributed by atoms with Gasteiger partial charge in [0.05, 0.1) is 0 Å². The van der Waals surface area contributed by atoms with E-state index in [0.717, 1.165) is 38.5 Å². The molecule has 1 aromatic rings. The fourth-order valence-electron chi connectivity index (χ4n) is 2.72. The Hall–Kier alpha value is -3.08. The highest BCUT2D eigenvalue weighted by molar-refractivity contribution is 5.91. The number of benzene rings is 1. The molecule has 0 saturated carbocycles. The number of carbonyl (C=O) groups is 1. The minimum atomic E-state index is -1.13. The van der Waals surface area contributed by atoms with Crippen molar-refractivity contribution in [3.8, 4) is 0 Å². The molecule has 1 N–H and O–H groups in total. The maximum atomic E-state index is 13.5. The fraction of sp³-hybridized carbons (Fsp3) is 0.321. The van der Waals surface area contributed by atoms with Crippen LogP contribution in [-0.4, -0.2) is 5.91 Å². The van der Waals surface area contributed by atoms with Crippen molar-refractivity contribution in [2.45, 2.75) is 58.3 Å². The van der Waals surface area contributed by atoms with E-state index in [2.05, 4.69) is 66.9 Å². The van der Waals surface area contributed by atoms with E-state index in [4.69, 9.17) is 0 Å². The Morgan fingerprint density at radius 3 is 1.52 bits per heavy atom. The normalized spacial score (nSPS) is 12.6. The van der Waals surface area contributed by atoms with Crippen molar-refractivity contribution in [2.24, 2.45) is 0 Å². The lowest BCUT2D eigenvalue weighted by atomic mass is 10.2. The third-order valence-electron chi connectivity index (χ3n) is 4.41. The second-order valence-corrected chi connectivity index (χ2v) is 7.25. The van der Waals surface area contributed by atoms with Crippen molar-refractivity contribution < 1.29 is 18.0 Å². The quantitative estimate of drug-likeness (QED) is 0.263. The first-order chi connectivity index (χ1) is 16.0. The van der Waals surface area contributed by atoms with E-state index in [1.54, 1.807) is 0 Å². The topological polar surface area (TPSA) is 29.1 Å². The van der Waals surface area contributed by atoms with Crippen LogP contribution in [0.1, 0.15) is 58.3 Å². The third kappa shape index (κ3) is 14.6. The van der Waals surface area contributed by atoms with E-state index in [1.807, 2.05) is 18.2 Å². The van der Waals surface area contributed by atoms with Crippen LogP contribution in [0, 0.1) is 17.5 Å². The molecular weight excluding hydrogens is 423 g/mol. The smallest absolute Gasteiger partial charge is 0.224 e. The van der Waals surface area contributed by atoms with Crippen molar-refractivity contribution in [2.75, 3.05) is 5.32 Å². The number of halogens is 3. The van der Waals surface area contributed by atoms with Crippen LogP contribution in [0.15, 0.2) is 85.0 Å². The number of nitrogens with one attached hydrogen (secondary N) is 1. The van der Waals surface area contributed by atoms with Crippen molar-refractivity contribution in [3.05, 3.63) is 102 Å². The van der Waals surface area contributed by atoms with Crippen LogP contribution in [0.3, 0.4) is 0 Å². The van der Waals surface area contributed by atoms with Gasteiger partial charge in [0.2, 0.25) is 5.91 Å². The Labute approximate surface area is 196 Å². The number of amides is 1. The zero-order valence-electron chi connectivity index (χ0n) is 19.3. The van der Waals surface area contributed by atoms with Gasteiger partial charge in [-0.15, -0.1) is 0 Å². The summed E-state index contributed by atoms with van der Waals surface area (Å²) in [7, 11) is 0. The summed E-state index contributed by atoms with van der Waals surface area (Å²) in [6, 6.07) is 1.06. The first-order valence-corrected chi connectivity index (χ1v) is 11.4. The Kier molecular flexibility index (Phi) is 15.7. The Morgan fingerprint density at radius 1 is 0.697 bits per heavy atom. The minimum Gasteiger partial charge on any atom is -0.321 e. The van der Waals surface area contributed by atoms with Gasteiger partial charge in [-0.2, -0.15) is 0 Å². The monoisotopic (exact) mass is 457 g/mol. The molecule has 0 bridgehead atoms. The molecule has 0 heterocycles. The molecule has 0 aliphatic rings. The molecule has 0 aromatic heterocycles. The van der Waals surface area contributed by atoms with Gasteiger partial charge in [0.15, 0.2) is 11.6 Å². The van der Waals surface area contributed by atoms with Crippen LogP contribution in [-0.2, 0) is 4.79 Å². The van der Waals surface area contributed by atoms with Crippen LogP contribution in [0.2, 0.25) is 0 Å². The summed E-state index contributed by atoms with van der Waals surface area (Å²) in [5, 5.41) is 2.14. The Bertz CT molecular complexity index is 856. The maximum absolute atomic E-state index is 13.5. The Morgan fingerprint density at radius 2 is 1.09 bits per heavy atom. The third-order valence-corrected chi connectivity index (χ3v) is 4.41. The van der Waals surface area contributed by atoms with Gasteiger partial charge in [-0.1, -0.05) is 79.8 Å². The predicted molar refractivity (Wildman–Crippen MR) is 132 cm³/mol. The van der Waals surface area contributed by atoms with Gasteiger partial charge >= 0.3 is 0 Å². The molecule has 1 amide bonds. The summed E-state index contributed by atoms with van der Waals surface area (Å²) >= 11 is 0. The molecule has 1 aromatic carbocycles. The fourth-order valence-corrected chi connectivity index (χ4v) is 2.72. The van der Waals surface area contributed by atoms with Gasteiger partial charge in [0, 0.05) is 18.6 Å². The zero-order valence-corrected chi connectivity index (χ0v) is 19.3. The number of rotatable bonds is 15. The largest absolute Gasteiger partial charge is 0.321 e. The summed E-state index contributed by atoms with van der Waals surface area (Å²) in [6.45, 7) is 2.13. The van der Waals surface area contributed by atoms with Gasteiger partial charge in [0.1, 0.15) is 11.5 Å². The van der Waals surface area contributed by atoms with Gasteiger partial charge < -0.3 is 5.32 Å². The summed E-state index contributed by atoms with van der Waals surface area (Å²) in [5.74, 6) is -3.82. The SMILES string of the molecule is CC/C=C\C/C=C\C/C=C\C/C=C\C/C=C\C/C=C\CCC(=O)Nc1c(F)cc(F)cc1F. The lowest BCUT2D eigenvalue weighted by Gasteiger charge is -2.07.